The monoisotopic (exact) mass is 302 g/mol. The van der Waals surface area contributed by atoms with E-state index in [4.69, 9.17) is 9.47 Å². The van der Waals surface area contributed by atoms with Gasteiger partial charge in [-0.1, -0.05) is 0 Å². The number of halogens is 5. The number of hydrogen-bond acceptors (Lipinski definition) is 2. The number of allylic oxidation sites excluding steroid dienone is 1. The van der Waals surface area contributed by atoms with Crippen LogP contribution in [-0.2, 0) is 9.47 Å². The molecule has 1 aliphatic rings. The Morgan fingerprint density at radius 3 is 2.10 bits per heavy atom. The van der Waals surface area contributed by atoms with Crippen LogP contribution in [0.15, 0.2) is 11.7 Å². The number of alkyl halides is 3. The summed E-state index contributed by atoms with van der Waals surface area (Å²) in [6.45, 7) is 1.03. The highest BCUT2D eigenvalue weighted by Crippen LogP contribution is 2.41. The molecule has 0 aliphatic heterocycles. The highest BCUT2D eigenvalue weighted by Gasteiger charge is 2.43. The van der Waals surface area contributed by atoms with Crippen molar-refractivity contribution < 1.29 is 31.4 Å². The summed E-state index contributed by atoms with van der Waals surface area (Å²) in [6, 6.07) is 0. The molecule has 0 N–H and O–H groups in total. The first-order valence-electron chi connectivity index (χ1n) is 6.59. The SMILES string of the molecule is COCCCOC1CCC(C(=C(F)F)C(F)(F)F)CC1. The molecule has 0 bridgehead atoms. The van der Waals surface area contributed by atoms with E-state index in [-0.39, 0.29) is 18.9 Å². The van der Waals surface area contributed by atoms with Crippen molar-refractivity contribution in [2.75, 3.05) is 20.3 Å². The van der Waals surface area contributed by atoms with Crippen LogP contribution in [0.2, 0.25) is 0 Å². The van der Waals surface area contributed by atoms with E-state index in [1.807, 2.05) is 0 Å². The van der Waals surface area contributed by atoms with Crippen molar-refractivity contribution in [3.05, 3.63) is 11.7 Å². The van der Waals surface area contributed by atoms with E-state index in [1.165, 1.54) is 0 Å². The fourth-order valence-corrected chi connectivity index (χ4v) is 2.46. The lowest BCUT2D eigenvalue weighted by atomic mass is 9.82. The third-order valence-electron chi connectivity index (χ3n) is 3.44. The van der Waals surface area contributed by atoms with Crippen LogP contribution in [0.4, 0.5) is 22.0 Å². The minimum atomic E-state index is -4.95. The third-order valence-corrected chi connectivity index (χ3v) is 3.44. The normalized spacial score (nSPS) is 23.7. The molecule has 0 heterocycles. The fraction of sp³-hybridized carbons (Fsp3) is 0.846. The smallest absolute Gasteiger partial charge is 0.385 e. The van der Waals surface area contributed by atoms with Crippen LogP contribution in [0, 0.1) is 5.92 Å². The van der Waals surface area contributed by atoms with E-state index in [2.05, 4.69) is 0 Å². The summed E-state index contributed by atoms with van der Waals surface area (Å²) in [7, 11) is 1.57. The second-order valence-corrected chi connectivity index (χ2v) is 4.86. The largest absolute Gasteiger partial charge is 0.418 e. The van der Waals surface area contributed by atoms with Gasteiger partial charge in [0.2, 0.25) is 0 Å². The van der Waals surface area contributed by atoms with Crippen LogP contribution >= 0.6 is 0 Å². The van der Waals surface area contributed by atoms with Gasteiger partial charge >= 0.3 is 6.18 Å². The first kappa shape index (κ1) is 17.4. The van der Waals surface area contributed by atoms with Gasteiger partial charge in [-0.25, -0.2) is 0 Å². The molecule has 0 radical (unpaired) electrons. The summed E-state index contributed by atoms with van der Waals surface area (Å²) in [5.74, 6) is -1.11. The Balaban J connectivity index is 2.43. The van der Waals surface area contributed by atoms with Crippen molar-refractivity contribution in [2.24, 2.45) is 5.92 Å². The molecular formula is C13H19F5O2. The summed E-state index contributed by atoms with van der Waals surface area (Å²) in [5, 5.41) is 0. The molecule has 1 rings (SSSR count). The Kier molecular flexibility index (Phi) is 6.88. The number of rotatable bonds is 6. The molecular weight excluding hydrogens is 283 g/mol. The molecule has 0 unspecified atom stereocenters. The van der Waals surface area contributed by atoms with Crippen molar-refractivity contribution in [1.29, 1.82) is 0 Å². The maximum atomic E-state index is 12.6. The average Bonchev–Trinajstić information content (AvgIpc) is 2.34. The van der Waals surface area contributed by atoms with Crippen LogP contribution in [0.25, 0.3) is 0 Å². The van der Waals surface area contributed by atoms with Gasteiger partial charge in [-0.2, -0.15) is 22.0 Å². The van der Waals surface area contributed by atoms with E-state index in [9.17, 15) is 22.0 Å². The van der Waals surface area contributed by atoms with Crippen molar-refractivity contribution in [3.63, 3.8) is 0 Å². The predicted octanol–water partition coefficient (Wildman–Crippen LogP) is 4.31. The van der Waals surface area contributed by atoms with Gasteiger partial charge in [0, 0.05) is 20.3 Å². The van der Waals surface area contributed by atoms with E-state index in [0.29, 0.717) is 32.5 Å². The van der Waals surface area contributed by atoms with Gasteiger partial charge < -0.3 is 9.47 Å². The minimum absolute atomic E-state index is 0.0845. The van der Waals surface area contributed by atoms with Crippen LogP contribution in [0.3, 0.4) is 0 Å². The molecule has 20 heavy (non-hydrogen) atoms. The molecule has 1 fully saturated rings. The average molecular weight is 302 g/mol. The summed E-state index contributed by atoms with van der Waals surface area (Å²) in [4.78, 5) is 0. The fourth-order valence-electron chi connectivity index (χ4n) is 2.46. The van der Waals surface area contributed by atoms with E-state index in [0.717, 1.165) is 0 Å². The van der Waals surface area contributed by atoms with Crippen LogP contribution in [0.1, 0.15) is 32.1 Å². The topological polar surface area (TPSA) is 18.5 Å². The van der Waals surface area contributed by atoms with Crippen molar-refractivity contribution in [3.8, 4) is 0 Å². The van der Waals surface area contributed by atoms with E-state index in [1.54, 1.807) is 7.11 Å². The lowest BCUT2D eigenvalue weighted by Crippen LogP contribution is -2.28. The Hall–Kier alpha value is -0.690. The maximum absolute atomic E-state index is 12.6. The minimum Gasteiger partial charge on any atom is -0.385 e. The van der Waals surface area contributed by atoms with Gasteiger partial charge in [-0.15, -0.1) is 0 Å². The maximum Gasteiger partial charge on any atom is 0.418 e. The molecule has 0 saturated heterocycles. The second-order valence-electron chi connectivity index (χ2n) is 4.86. The molecule has 0 aromatic rings. The molecule has 1 saturated carbocycles. The van der Waals surface area contributed by atoms with Gasteiger partial charge in [-0.3, -0.25) is 0 Å². The first-order valence-corrected chi connectivity index (χ1v) is 6.59. The number of hydrogen-bond donors (Lipinski definition) is 0. The second kappa shape index (κ2) is 7.93. The molecule has 0 aromatic carbocycles. The van der Waals surface area contributed by atoms with E-state index < -0.39 is 23.7 Å². The standard InChI is InChI=1S/C13H19F5O2/c1-19-7-2-8-20-10-5-3-9(4-6-10)11(12(14)15)13(16,17)18/h9-10H,2-8H2,1H3. The zero-order valence-corrected chi connectivity index (χ0v) is 11.3. The lowest BCUT2D eigenvalue weighted by molar-refractivity contribution is -0.106. The van der Waals surface area contributed by atoms with Gasteiger partial charge in [0.15, 0.2) is 0 Å². The quantitative estimate of drug-likeness (QED) is 0.537. The Morgan fingerprint density at radius 2 is 1.65 bits per heavy atom. The molecule has 0 amide bonds. The van der Waals surface area contributed by atoms with Crippen molar-refractivity contribution >= 4 is 0 Å². The van der Waals surface area contributed by atoms with Crippen molar-refractivity contribution in [1.82, 2.24) is 0 Å². The van der Waals surface area contributed by atoms with Crippen LogP contribution in [0.5, 0.6) is 0 Å². The van der Waals surface area contributed by atoms with Crippen LogP contribution in [-0.4, -0.2) is 32.6 Å². The molecule has 0 atom stereocenters. The number of ether oxygens (including phenoxy) is 2. The zero-order valence-electron chi connectivity index (χ0n) is 11.3. The molecule has 7 heteroatoms. The molecule has 1 aliphatic carbocycles. The third kappa shape index (κ3) is 5.36. The molecule has 118 valence electrons. The molecule has 2 nitrogen and oxygen atoms in total. The van der Waals surface area contributed by atoms with Gasteiger partial charge in [-0.05, 0) is 38.0 Å². The van der Waals surface area contributed by atoms with E-state index >= 15 is 0 Å². The Bertz CT molecular complexity index is 315. The number of methoxy groups -OCH3 is 1. The Labute approximate surface area is 114 Å². The van der Waals surface area contributed by atoms with Gasteiger partial charge in [0.25, 0.3) is 6.08 Å². The summed E-state index contributed by atoms with van der Waals surface area (Å²) in [5.41, 5.74) is -1.66. The lowest BCUT2D eigenvalue weighted by Gasteiger charge is -2.30. The van der Waals surface area contributed by atoms with Crippen LogP contribution < -0.4 is 0 Å². The van der Waals surface area contributed by atoms with Gasteiger partial charge in [0.05, 0.1) is 6.10 Å². The highest BCUT2D eigenvalue weighted by molar-refractivity contribution is 5.14. The Morgan fingerprint density at radius 1 is 1.05 bits per heavy atom. The zero-order chi connectivity index (χ0) is 15.2. The summed E-state index contributed by atoms with van der Waals surface area (Å²) >= 11 is 0. The van der Waals surface area contributed by atoms with Crippen molar-refractivity contribution in [2.45, 2.75) is 44.4 Å². The predicted molar refractivity (Wildman–Crippen MR) is 63.5 cm³/mol. The summed E-state index contributed by atoms with van der Waals surface area (Å²) < 4.78 is 73.0. The molecule has 0 spiro atoms. The van der Waals surface area contributed by atoms with Gasteiger partial charge in [0.1, 0.15) is 5.57 Å². The first-order chi connectivity index (χ1) is 9.36. The summed E-state index contributed by atoms with van der Waals surface area (Å²) in [6.07, 6.45) is -6.06. The molecule has 0 aromatic heterocycles. The highest BCUT2D eigenvalue weighted by atomic mass is 19.4.